The Morgan fingerprint density at radius 3 is 2.44 bits per heavy atom. The lowest BCUT2D eigenvalue weighted by molar-refractivity contribution is -0.192. The van der Waals surface area contributed by atoms with E-state index in [1.807, 2.05) is 6.26 Å². The summed E-state index contributed by atoms with van der Waals surface area (Å²) in [6.07, 6.45) is -2.08. The molecule has 2 atom stereocenters. The van der Waals surface area contributed by atoms with Crippen LogP contribution in [0.3, 0.4) is 0 Å². The molecule has 0 aromatic carbocycles. The summed E-state index contributed by atoms with van der Waals surface area (Å²) in [5.74, 6) is -3.33. The van der Waals surface area contributed by atoms with Gasteiger partial charge < -0.3 is 10.4 Å². The number of alkyl halides is 3. The number of nitrogens with one attached hydrogen (secondary N) is 1. The molecule has 0 fully saturated rings. The molecule has 7 heteroatoms. The monoisotopic (exact) mass is 259 g/mol. The largest absolute Gasteiger partial charge is 0.481 e. The first-order valence-electron chi connectivity index (χ1n) is 4.81. The van der Waals surface area contributed by atoms with E-state index in [1.165, 1.54) is 0 Å². The van der Waals surface area contributed by atoms with Crippen molar-refractivity contribution in [2.75, 3.05) is 18.6 Å². The van der Waals surface area contributed by atoms with Crippen molar-refractivity contribution in [3.8, 4) is 0 Å². The molecule has 0 saturated heterocycles. The molecular formula is C9H16F3NO2S. The van der Waals surface area contributed by atoms with Crippen LogP contribution >= 0.6 is 11.8 Å². The molecule has 0 bridgehead atoms. The van der Waals surface area contributed by atoms with Crippen LogP contribution in [0.5, 0.6) is 0 Å². The highest BCUT2D eigenvalue weighted by Crippen LogP contribution is 2.25. The molecular weight excluding hydrogens is 243 g/mol. The van der Waals surface area contributed by atoms with Gasteiger partial charge in [0.05, 0.1) is 0 Å². The average Bonchev–Trinajstić information content (AvgIpc) is 2.12. The molecule has 0 aliphatic heterocycles. The second-order valence-corrected chi connectivity index (χ2v) is 4.51. The highest BCUT2D eigenvalue weighted by molar-refractivity contribution is 7.98. The van der Waals surface area contributed by atoms with Gasteiger partial charge in [-0.25, -0.2) is 0 Å². The van der Waals surface area contributed by atoms with Crippen LogP contribution in [-0.2, 0) is 4.79 Å². The average molecular weight is 259 g/mol. The number of carbonyl (C=O) groups is 1. The maximum Gasteiger partial charge on any atom is 0.403 e. The minimum atomic E-state index is -4.70. The van der Waals surface area contributed by atoms with Crippen LogP contribution in [-0.4, -0.2) is 41.8 Å². The molecule has 0 amide bonds. The predicted molar refractivity (Wildman–Crippen MR) is 57.6 cm³/mol. The van der Waals surface area contributed by atoms with Gasteiger partial charge in [-0.1, -0.05) is 0 Å². The fraction of sp³-hybridized carbons (Fsp3) is 0.889. The topological polar surface area (TPSA) is 49.3 Å². The lowest BCUT2D eigenvalue weighted by Gasteiger charge is -2.19. The SMILES string of the molecule is CSCCC(C)NCC(C(=O)O)C(F)(F)F. The van der Waals surface area contributed by atoms with Crippen molar-refractivity contribution >= 4 is 17.7 Å². The van der Waals surface area contributed by atoms with Gasteiger partial charge >= 0.3 is 12.1 Å². The number of carboxylic acids is 1. The van der Waals surface area contributed by atoms with E-state index in [9.17, 15) is 18.0 Å². The van der Waals surface area contributed by atoms with Gasteiger partial charge in [0, 0.05) is 12.6 Å². The lowest BCUT2D eigenvalue weighted by atomic mass is 10.1. The summed E-state index contributed by atoms with van der Waals surface area (Å²) in [6, 6.07) is -0.114. The molecule has 16 heavy (non-hydrogen) atoms. The van der Waals surface area contributed by atoms with Crippen LogP contribution in [0.25, 0.3) is 0 Å². The van der Waals surface area contributed by atoms with Gasteiger partial charge in [-0.3, -0.25) is 4.79 Å². The fourth-order valence-electron chi connectivity index (χ4n) is 1.06. The van der Waals surface area contributed by atoms with E-state index in [0.29, 0.717) is 6.42 Å². The van der Waals surface area contributed by atoms with Gasteiger partial charge in [0.15, 0.2) is 5.92 Å². The van der Waals surface area contributed by atoms with Crippen molar-refractivity contribution < 1.29 is 23.1 Å². The number of halogens is 3. The van der Waals surface area contributed by atoms with Crippen molar-refractivity contribution in [1.29, 1.82) is 0 Å². The van der Waals surface area contributed by atoms with Gasteiger partial charge in [0.1, 0.15) is 0 Å². The quantitative estimate of drug-likeness (QED) is 0.734. The molecule has 0 saturated carbocycles. The number of rotatable bonds is 7. The zero-order valence-corrected chi connectivity index (χ0v) is 9.99. The Kier molecular flexibility index (Phi) is 6.82. The molecule has 2 N–H and O–H groups in total. The normalized spacial score (nSPS) is 15.8. The summed E-state index contributed by atoms with van der Waals surface area (Å²) in [7, 11) is 0. The van der Waals surface area contributed by atoms with Crippen molar-refractivity contribution in [2.24, 2.45) is 5.92 Å². The minimum absolute atomic E-state index is 0.114. The van der Waals surface area contributed by atoms with Crippen LogP contribution < -0.4 is 5.32 Å². The van der Waals surface area contributed by atoms with Gasteiger partial charge in [0.25, 0.3) is 0 Å². The standard InChI is InChI=1S/C9H16F3NO2S/c1-6(3-4-16-2)13-5-7(8(14)15)9(10,11)12/h6-7,13H,3-5H2,1-2H3,(H,14,15). The third-order valence-corrected chi connectivity index (χ3v) is 2.76. The summed E-state index contributed by atoms with van der Waals surface area (Å²) in [4.78, 5) is 10.4. The Labute approximate surface area is 96.8 Å². The van der Waals surface area contributed by atoms with Gasteiger partial charge in [-0.05, 0) is 25.4 Å². The second-order valence-electron chi connectivity index (χ2n) is 3.52. The first kappa shape index (κ1) is 15.6. The minimum Gasteiger partial charge on any atom is -0.481 e. The van der Waals surface area contributed by atoms with E-state index in [-0.39, 0.29) is 6.04 Å². The first-order valence-corrected chi connectivity index (χ1v) is 6.20. The molecule has 0 heterocycles. The molecule has 0 aromatic rings. The number of hydrogen-bond acceptors (Lipinski definition) is 3. The first-order chi connectivity index (χ1) is 7.29. The van der Waals surface area contributed by atoms with Crippen molar-refractivity contribution in [3.05, 3.63) is 0 Å². The van der Waals surface area contributed by atoms with Crippen molar-refractivity contribution in [1.82, 2.24) is 5.32 Å². The molecule has 0 radical (unpaired) electrons. The number of aliphatic carboxylic acids is 1. The predicted octanol–water partition coefficient (Wildman–Crippen LogP) is 1.98. The van der Waals surface area contributed by atoms with E-state index in [0.717, 1.165) is 5.75 Å². The number of hydrogen-bond donors (Lipinski definition) is 2. The third-order valence-electron chi connectivity index (χ3n) is 2.12. The number of carboxylic acid groups (broad SMARTS) is 1. The van der Waals surface area contributed by atoms with Crippen LogP contribution in [0.2, 0.25) is 0 Å². The van der Waals surface area contributed by atoms with E-state index in [1.54, 1.807) is 18.7 Å². The molecule has 0 spiro atoms. The molecule has 2 unspecified atom stereocenters. The number of thioether (sulfide) groups is 1. The highest BCUT2D eigenvalue weighted by Gasteiger charge is 2.44. The molecule has 96 valence electrons. The Morgan fingerprint density at radius 1 is 1.50 bits per heavy atom. The summed E-state index contributed by atoms with van der Waals surface area (Å²) in [5.41, 5.74) is 0. The lowest BCUT2D eigenvalue weighted by Crippen LogP contribution is -2.42. The smallest absolute Gasteiger partial charge is 0.403 e. The van der Waals surface area contributed by atoms with Crippen LogP contribution in [0.15, 0.2) is 0 Å². The maximum absolute atomic E-state index is 12.2. The Morgan fingerprint density at radius 2 is 2.06 bits per heavy atom. The van der Waals surface area contributed by atoms with E-state index in [2.05, 4.69) is 5.32 Å². The zero-order valence-electron chi connectivity index (χ0n) is 9.17. The van der Waals surface area contributed by atoms with Crippen LogP contribution in [0, 0.1) is 5.92 Å². The molecule has 0 aliphatic rings. The van der Waals surface area contributed by atoms with Gasteiger partial charge in [-0.2, -0.15) is 24.9 Å². The van der Waals surface area contributed by atoms with Gasteiger partial charge in [0.2, 0.25) is 0 Å². The van der Waals surface area contributed by atoms with E-state index >= 15 is 0 Å². The van der Waals surface area contributed by atoms with Gasteiger partial charge in [-0.15, -0.1) is 0 Å². The summed E-state index contributed by atoms with van der Waals surface area (Å²) in [5, 5.41) is 11.0. The Bertz CT molecular complexity index is 223. The van der Waals surface area contributed by atoms with Crippen LogP contribution in [0.4, 0.5) is 13.2 Å². The summed E-state index contributed by atoms with van der Waals surface area (Å²) >= 11 is 1.60. The zero-order chi connectivity index (χ0) is 12.8. The van der Waals surface area contributed by atoms with Crippen molar-refractivity contribution in [2.45, 2.75) is 25.6 Å². The fourth-order valence-corrected chi connectivity index (χ4v) is 1.65. The summed E-state index contributed by atoms with van der Waals surface area (Å²) in [6.45, 7) is 1.17. The van der Waals surface area contributed by atoms with Crippen molar-refractivity contribution in [3.63, 3.8) is 0 Å². The third kappa shape index (κ3) is 6.22. The van der Waals surface area contributed by atoms with Crippen LogP contribution in [0.1, 0.15) is 13.3 Å². The Hall–Kier alpha value is -0.430. The second kappa shape index (κ2) is 7.01. The highest BCUT2D eigenvalue weighted by atomic mass is 32.2. The molecule has 0 rings (SSSR count). The Balaban J connectivity index is 4.08. The molecule has 0 aliphatic carbocycles. The van der Waals surface area contributed by atoms with E-state index in [4.69, 9.17) is 5.11 Å². The maximum atomic E-state index is 12.2. The summed E-state index contributed by atoms with van der Waals surface area (Å²) < 4.78 is 36.7. The van der Waals surface area contributed by atoms with E-state index < -0.39 is 24.6 Å². The molecule has 0 aromatic heterocycles. The molecule has 3 nitrogen and oxygen atoms in total.